The molecule has 6 rings (SSSR count). The fourth-order valence-corrected chi connectivity index (χ4v) is 4.67. The van der Waals surface area contributed by atoms with Gasteiger partial charge in [0.25, 0.3) is 5.91 Å². The standard InChI is InChI=1S/C27H23N7O2S/c1-17-15-22(31-34(17)20-5-3-2-4-6-20)27(36)28-19-9-11-21(12-10-19)37-25-14-13-24-29-23(16-33(24)32-25)30-26(35)18-7-8-18/h2-6,9-16,18H,7-8H2,1H3,(H,28,36)(H,30,35). The smallest absolute Gasteiger partial charge is 0.276 e. The minimum atomic E-state index is -0.269. The van der Waals surface area contributed by atoms with Gasteiger partial charge in [-0.25, -0.2) is 14.2 Å². The number of para-hydroxylation sites is 1. The molecule has 1 aliphatic rings. The van der Waals surface area contributed by atoms with Crippen molar-refractivity contribution in [2.45, 2.75) is 29.7 Å². The van der Waals surface area contributed by atoms with Gasteiger partial charge in [-0.1, -0.05) is 30.0 Å². The molecule has 3 aromatic heterocycles. The number of aromatic nitrogens is 5. The van der Waals surface area contributed by atoms with E-state index in [1.165, 1.54) is 11.8 Å². The van der Waals surface area contributed by atoms with E-state index in [0.29, 0.717) is 22.8 Å². The second-order valence-electron chi connectivity index (χ2n) is 8.86. The molecule has 0 atom stereocenters. The van der Waals surface area contributed by atoms with E-state index in [2.05, 4.69) is 25.8 Å². The number of anilines is 2. The molecule has 1 fully saturated rings. The molecule has 10 heteroatoms. The van der Waals surface area contributed by atoms with Gasteiger partial charge in [-0.15, -0.1) is 0 Å². The number of nitrogens with one attached hydrogen (secondary N) is 2. The lowest BCUT2D eigenvalue weighted by Crippen LogP contribution is -2.13. The molecule has 2 amide bonds. The normalized spacial score (nSPS) is 13.0. The van der Waals surface area contributed by atoms with Crippen LogP contribution in [0.15, 0.2) is 88.9 Å². The second kappa shape index (κ2) is 9.55. The largest absolute Gasteiger partial charge is 0.321 e. The molecule has 3 heterocycles. The van der Waals surface area contributed by atoms with Crippen molar-refractivity contribution < 1.29 is 9.59 Å². The number of fused-ring (bicyclic) bond motifs is 1. The first-order valence-corrected chi connectivity index (χ1v) is 12.7. The SMILES string of the molecule is Cc1cc(C(=O)Nc2ccc(Sc3ccc4nc(NC(=O)C5CC5)cn4n3)cc2)nn1-c1ccccc1. The minimum Gasteiger partial charge on any atom is -0.321 e. The fraction of sp³-hybridized carbons (Fsp3) is 0.148. The Hall–Kier alpha value is -4.44. The van der Waals surface area contributed by atoms with Crippen molar-refractivity contribution in [3.05, 3.63) is 90.4 Å². The van der Waals surface area contributed by atoms with Crippen LogP contribution in [0.25, 0.3) is 11.3 Å². The van der Waals surface area contributed by atoms with Crippen molar-refractivity contribution in [2.75, 3.05) is 10.6 Å². The van der Waals surface area contributed by atoms with Crippen molar-refractivity contribution in [1.82, 2.24) is 24.4 Å². The number of amides is 2. The first kappa shape index (κ1) is 23.0. The summed E-state index contributed by atoms with van der Waals surface area (Å²) in [4.78, 5) is 30.2. The maximum atomic E-state index is 12.8. The van der Waals surface area contributed by atoms with Gasteiger partial charge in [0.05, 0.1) is 11.9 Å². The monoisotopic (exact) mass is 509 g/mol. The number of rotatable bonds is 7. The molecule has 0 saturated heterocycles. The zero-order valence-corrected chi connectivity index (χ0v) is 20.8. The number of carbonyl (C=O) groups is 2. The van der Waals surface area contributed by atoms with Crippen LogP contribution < -0.4 is 10.6 Å². The van der Waals surface area contributed by atoms with E-state index in [-0.39, 0.29) is 17.7 Å². The van der Waals surface area contributed by atoms with Crippen molar-refractivity contribution in [2.24, 2.45) is 5.92 Å². The molecule has 0 bridgehead atoms. The lowest BCUT2D eigenvalue weighted by Gasteiger charge is -2.06. The molecule has 0 aliphatic heterocycles. The number of hydrogen-bond acceptors (Lipinski definition) is 6. The minimum absolute atomic E-state index is 0.0184. The third kappa shape index (κ3) is 5.10. The van der Waals surface area contributed by atoms with Gasteiger partial charge in [-0.2, -0.15) is 10.2 Å². The number of carbonyl (C=O) groups excluding carboxylic acids is 2. The molecular weight excluding hydrogens is 486 g/mol. The first-order valence-electron chi connectivity index (χ1n) is 11.9. The molecule has 5 aromatic rings. The van der Waals surface area contributed by atoms with E-state index >= 15 is 0 Å². The van der Waals surface area contributed by atoms with Gasteiger partial charge in [-0.05, 0) is 74.4 Å². The molecule has 0 spiro atoms. The van der Waals surface area contributed by atoms with E-state index in [0.717, 1.165) is 34.1 Å². The van der Waals surface area contributed by atoms with Crippen LogP contribution in [0.2, 0.25) is 0 Å². The maximum Gasteiger partial charge on any atom is 0.276 e. The van der Waals surface area contributed by atoms with E-state index in [1.807, 2.05) is 73.7 Å². The highest BCUT2D eigenvalue weighted by molar-refractivity contribution is 7.99. The van der Waals surface area contributed by atoms with Crippen LogP contribution >= 0.6 is 11.8 Å². The van der Waals surface area contributed by atoms with Crippen LogP contribution in [0.4, 0.5) is 11.5 Å². The topological polar surface area (TPSA) is 106 Å². The average Bonchev–Trinajstić information content (AvgIpc) is 3.58. The summed E-state index contributed by atoms with van der Waals surface area (Å²) in [5, 5.41) is 15.6. The second-order valence-corrected chi connectivity index (χ2v) is 9.96. The molecule has 2 aromatic carbocycles. The summed E-state index contributed by atoms with van der Waals surface area (Å²) >= 11 is 1.49. The Bertz CT molecular complexity index is 1610. The van der Waals surface area contributed by atoms with E-state index in [1.54, 1.807) is 21.5 Å². The van der Waals surface area contributed by atoms with Gasteiger partial charge in [0.15, 0.2) is 17.2 Å². The van der Waals surface area contributed by atoms with Gasteiger partial charge in [0.1, 0.15) is 5.03 Å². The van der Waals surface area contributed by atoms with Crippen LogP contribution in [0.3, 0.4) is 0 Å². The molecule has 1 saturated carbocycles. The van der Waals surface area contributed by atoms with E-state index in [9.17, 15) is 9.59 Å². The summed E-state index contributed by atoms with van der Waals surface area (Å²) in [7, 11) is 0. The Kier molecular flexibility index (Phi) is 5.93. The molecule has 2 N–H and O–H groups in total. The van der Waals surface area contributed by atoms with Crippen LogP contribution in [-0.2, 0) is 4.79 Å². The maximum absolute atomic E-state index is 12.8. The van der Waals surface area contributed by atoms with Gasteiger partial charge in [0, 0.05) is 22.2 Å². The van der Waals surface area contributed by atoms with E-state index < -0.39 is 0 Å². The average molecular weight is 510 g/mol. The Balaban J connectivity index is 1.10. The summed E-state index contributed by atoms with van der Waals surface area (Å²) in [5.74, 6) is 0.377. The summed E-state index contributed by atoms with van der Waals surface area (Å²) in [5.41, 5.74) is 3.48. The Morgan fingerprint density at radius 2 is 1.73 bits per heavy atom. The Morgan fingerprint density at radius 3 is 2.49 bits per heavy atom. The highest BCUT2D eigenvalue weighted by Crippen LogP contribution is 2.30. The van der Waals surface area contributed by atoms with Crippen LogP contribution in [0.5, 0.6) is 0 Å². The number of imidazole rings is 1. The third-order valence-corrected chi connectivity index (χ3v) is 6.89. The number of hydrogen-bond donors (Lipinski definition) is 2. The summed E-state index contributed by atoms with van der Waals surface area (Å²) < 4.78 is 3.42. The molecule has 9 nitrogen and oxygen atoms in total. The van der Waals surface area contributed by atoms with Gasteiger partial charge in [0.2, 0.25) is 5.91 Å². The molecule has 184 valence electrons. The highest BCUT2D eigenvalue weighted by atomic mass is 32.2. The molecule has 0 radical (unpaired) electrons. The number of nitrogens with zero attached hydrogens (tertiary/aromatic N) is 5. The van der Waals surface area contributed by atoms with Crippen molar-refractivity contribution in [1.29, 1.82) is 0 Å². The van der Waals surface area contributed by atoms with Crippen molar-refractivity contribution >= 4 is 40.7 Å². The Morgan fingerprint density at radius 1 is 0.946 bits per heavy atom. The van der Waals surface area contributed by atoms with Crippen LogP contribution in [0.1, 0.15) is 29.0 Å². The zero-order valence-electron chi connectivity index (χ0n) is 20.0. The van der Waals surface area contributed by atoms with Crippen LogP contribution in [-0.4, -0.2) is 36.2 Å². The van der Waals surface area contributed by atoms with Crippen molar-refractivity contribution in [3.8, 4) is 5.69 Å². The van der Waals surface area contributed by atoms with Crippen LogP contribution in [0, 0.1) is 12.8 Å². The van der Waals surface area contributed by atoms with E-state index in [4.69, 9.17) is 0 Å². The predicted octanol–water partition coefficient (Wildman–Crippen LogP) is 4.98. The molecular formula is C27H23N7O2S. The first-order chi connectivity index (χ1) is 18.0. The fourth-order valence-electron chi connectivity index (χ4n) is 3.89. The quantitative estimate of drug-likeness (QED) is 0.321. The summed E-state index contributed by atoms with van der Waals surface area (Å²) in [6.45, 7) is 1.92. The van der Waals surface area contributed by atoms with Gasteiger partial charge < -0.3 is 10.6 Å². The zero-order chi connectivity index (χ0) is 25.4. The number of aryl methyl sites for hydroxylation is 1. The lowest BCUT2D eigenvalue weighted by atomic mass is 10.3. The highest BCUT2D eigenvalue weighted by Gasteiger charge is 2.30. The molecule has 1 aliphatic carbocycles. The summed E-state index contributed by atoms with van der Waals surface area (Å²) in [6, 6.07) is 22.8. The van der Waals surface area contributed by atoms with Crippen molar-refractivity contribution in [3.63, 3.8) is 0 Å². The van der Waals surface area contributed by atoms with Gasteiger partial charge >= 0.3 is 0 Å². The number of benzene rings is 2. The van der Waals surface area contributed by atoms with Gasteiger partial charge in [-0.3, -0.25) is 9.59 Å². The lowest BCUT2D eigenvalue weighted by molar-refractivity contribution is -0.117. The predicted molar refractivity (Wildman–Crippen MR) is 141 cm³/mol. The summed E-state index contributed by atoms with van der Waals surface area (Å²) in [6.07, 6.45) is 3.61. The molecule has 37 heavy (non-hydrogen) atoms. The Labute approximate surface area is 216 Å². The molecule has 0 unspecified atom stereocenters. The third-order valence-electron chi connectivity index (χ3n) is 5.95.